The molecule has 1 heterocycles. The van der Waals surface area contributed by atoms with Crippen LogP contribution in [-0.4, -0.2) is 24.4 Å². The van der Waals surface area contributed by atoms with E-state index >= 15 is 0 Å². The van der Waals surface area contributed by atoms with E-state index in [4.69, 9.17) is 0 Å². The smallest absolute Gasteiger partial charge is 0.251 e. The highest BCUT2D eigenvalue weighted by atomic mass is 16.2. The molecule has 1 N–H and O–H groups in total. The van der Waals surface area contributed by atoms with Crippen molar-refractivity contribution in [2.24, 2.45) is 0 Å². The van der Waals surface area contributed by atoms with Crippen LogP contribution in [0.25, 0.3) is 0 Å². The summed E-state index contributed by atoms with van der Waals surface area (Å²) in [6.45, 7) is 2.72. The summed E-state index contributed by atoms with van der Waals surface area (Å²) in [4.78, 5) is 26.1. The highest BCUT2D eigenvalue weighted by Gasteiger charge is 2.39. The van der Waals surface area contributed by atoms with Crippen LogP contribution in [0.4, 0.5) is 5.69 Å². The second kappa shape index (κ2) is 7.09. The molecule has 1 aliphatic heterocycles. The first-order valence-corrected chi connectivity index (χ1v) is 8.50. The first-order chi connectivity index (χ1) is 11.1. The van der Waals surface area contributed by atoms with Gasteiger partial charge >= 0.3 is 0 Å². The normalized spacial score (nSPS) is 21.7. The predicted octanol–water partition coefficient (Wildman–Crippen LogP) is 3.11. The minimum Gasteiger partial charge on any atom is -0.305 e. The van der Waals surface area contributed by atoms with Gasteiger partial charge < -0.3 is 5.32 Å². The van der Waals surface area contributed by atoms with Crippen LogP contribution in [0.2, 0.25) is 0 Å². The molecule has 1 aromatic carbocycles. The van der Waals surface area contributed by atoms with Gasteiger partial charge in [0.25, 0.3) is 5.91 Å². The van der Waals surface area contributed by atoms with Crippen LogP contribution >= 0.6 is 0 Å². The van der Waals surface area contributed by atoms with E-state index in [0.29, 0.717) is 5.69 Å². The maximum atomic E-state index is 12.5. The predicted molar refractivity (Wildman–Crippen MR) is 91.2 cm³/mol. The summed E-state index contributed by atoms with van der Waals surface area (Å²) in [5, 5.41) is 3.27. The Morgan fingerprint density at radius 1 is 1.26 bits per heavy atom. The molecule has 1 atom stereocenters. The summed E-state index contributed by atoms with van der Waals surface area (Å²) in [6, 6.07) is 7.15. The summed E-state index contributed by atoms with van der Waals surface area (Å²) in [7, 11) is 0. The average Bonchev–Trinajstić information content (AvgIpc) is 2.82. The molecule has 2 amide bonds. The zero-order valence-corrected chi connectivity index (χ0v) is 13.7. The highest BCUT2D eigenvalue weighted by molar-refractivity contribution is 6.22. The molecule has 4 heteroatoms. The van der Waals surface area contributed by atoms with Crippen molar-refractivity contribution in [3.8, 4) is 0 Å². The van der Waals surface area contributed by atoms with Gasteiger partial charge in [-0.15, -0.1) is 0 Å². The largest absolute Gasteiger partial charge is 0.305 e. The second-order valence-electron chi connectivity index (χ2n) is 6.48. The lowest BCUT2D eigenvalue weighted by molar-refractivity contribution is -0.121. The number of nitrogens with zero attached hydrogens (tertiary/aromatic N) is 1. The summed E-state index contributed by atoms with van der Waals surface area (Å²) in [5.74, 6) is -0.242. The molecule has 2 aliphatic rings. The van der Waals surface area contributed by atoms with E-state index in [1.54, 1.807) is 0 Å². The monoisotopic (exact) mass is 312 g/mol. The third-order valence-corrected chi connectivity index (χ3v) is 4.63. The van der Waals surface area contributed by atoms with Crippen molar-refractivity contribution in [1.29, 1.82) is 0 Å². The van der Waals surface area contributed by atoms with Gasteiger partial charge in [-0.3, -0.25) is 9.59 Å². The van der Waals surface area contributed by atoms with Crippen LogP contribution in [-0.2, 0) is 9.59 Å². The van der Waals surface area contributed by atoms with Gasteiger partial charge in [0.2, 0.25) is 5.91 Å². The number of hydrogen-bond donors (Lipinski definition) is 1. The molecular formula is C19H24N2O2. The zero-order valence-electron chi connectivity index (χ0n) is 13.7. The molecule has 122 valence electrons. The molecule has 0 aromatic heterocycles. The molecule has 0 saturated carbocycles. The van der Waals surface area contributed by atoms with Gasteiger partial charge in [0, 0.05) is 0 Å². The number of benzene rings is 1. The Hall–Kier alpha value is -1.94. The lowest BCUT2D eigenvalue weighted by Gasteiger charge is -2.17. The van der Waals surface area contributed by atoms with Crippen LogP contribution in [0.15, 0.2) is 35.9 Å². The maximum absolute atomic E-state index is 12.5. The average molecular weight is 312 g/mol. The number of rotatable bonds is 5. The molecule has 4 nitrogen and oxygen atoms in total. The minimum absolute atomic E-state index is 0.116. The fourth-order valence-electron chi connectivity index (χ4n) is 3.37. The summed E-state index contributed by atoms with van der Waals surface area (Å²) in [6.07, 6.45) is 8.47. The van der Waals surface area contributed by atoms with E-state index in [0.717, 1.165) is 18.5 Å². The van der Waals surface area contributed by atoms with Gasteiger partial charge in [0.05, 0.1) is 18.2 Å². The molecule has 0 spiro atoms. The Balaban J connectivity index is 1.59. The van der Waals surface area contributed by atoms with E-state index in [2.05, 4.69) is 11.4 Å². The molecule has 1 fully saturated rings. The van der Waals surface area contributed by atoms with E-state index < -0.39 is 0 Å². The third kappa shape index (κ3) is 3.70. The second-order valence-corrected chi connectivity index (χ2v) is 6.48. The van der Waals surface area contributed by atoms with Gasteiger partial charge in [0.1, 0.15) is 0 Å². The van der Waals surface area contributed by atoms with Crippen LogP contribution in [0, 0.1) is 6.92 Å². The van der Waals surface area contributed by atoms with E-state index in [9.17, 15) is 9.59 Å². The van der Waals surface area contributed by atoms with Crippen molar-refractivity contribution < 1.29 is 9.59 Å². The number of nitrogens with one attached hydrogen (secondary N) is 1. The standard InChI is InChI=1S/C19H24N2O2/c1-14-6-5-9-16(12-14)21-18(22)13-17(19(21)23)20-11-10-15-7-3-2-4-8-15/h5-7,9,12,17,20H,2-4,8,10-11,13H2,1H3/t17-/m1/s1. The SMILES string of the molecule is Cc1cccc(N2C(=O)C[C@@H](NCCC3=CCCCC3)C2=O)c1. The maximum Gasteiger partial charge on any atom is 0.251 e. The fraction of sp³-hybridized carbons (Fsp3) is 0.474. The zero-order chi connectivity index (χ0) is 16.2. The van der Waals surface area contributed by atoms with Crippen molar-refractivity contribution in [3.05, 3.63) is 41.5 Å². The number of imide groups is 1. The van der Waals surface area contributed by atoms with E-state index in [1.807, 2.05) is 31.2 Å². The molecule has 0 radical (unpaired) electrons. The number of allylic oxidation sites excluding steroid dienone is 1. The van der Waals surface area contributed by atoms with Crippen molar-refractivity contribution in [2.75, 3.05) is 11.4 Å². The third-order valence-electron chi connectivity index (χ3n) is 4.63. The van der Waals surface area contributed by atoms with E-state index in [1.165, 1.54) is 36.2 Å². The number of hydrogen-bond acceptors (Lipinski definition) is 3. The van der Waals surface area contributed by atoms with Gasteiger partial charge in [-0.2, -0.15) is 0 Å². The molecule has 1 aliphatic carbocycles. The molecular weight excluding hydrogens is 288 g/mol. The summed E-state index contributed by atoms with van der Waals surface area (Å²) < 4.78 is 0. The quantitative estimate of drug-likeness (QED) is 0.671. The lowest BCUT2D eigenvalue weighted by atomic mass is 9.97. The molecule has 1 aromatic rings. The number of carbonyl (C=O) groups is 2. The molecule has 23 heavy (non-hydrogen) atoms. The summed E-state index contributed by atoms with van der Waals surface area (Å²) >= 11 is 0. The van der Waals surface area contributed by atoms with Crippen LogP contribution < -0.4 is 10.2 Å². The van der Waals surface area contributed by atoms with Crippen molar-refractivity contribution >= 4 is 17.5 Å². The van der Waals surface area contributed by atoms with Gasteiger partial charge in [-0.25, -0.2) is 4.90 Å². The Bertz CT molecular complexity index is 636. The first kappa shape index (κ1) is 15.9. The fourth-order valence-corrected chi connectivity index (χ4v) is 3.37. The molecule has 1 saturated heterocycles. The van der Waals surface area contributed by atoms with Gasteiger partial charge in [-0.1, -0.05) is 23.8 Å². The topological polar surface area (TPSA) is 49.4 Å². The number of amides is 2. The minimum atomic E-state index is -0.382. The van der Waals surface area contributed by atoms with Crippen LogP contribution in [0.5, 0.6) is 0 Å². The van der Waals surface area contributed by atoms with Crippen molar-refractivity contribution in [3.63, 3.8) is 0 Å². The molecule has 0 unspecified atom stereocenters. The summed E-state index contributed by atoms with van der Waals surface area (Å²) in [5.41, 5.74) is 3.21. The van der Waals surface area contributed by atoms with E-state index in [-0.39, 0.29) is 24.3 Å². The van der Waals surface area contributed by atoms with Crippen molar-refractivity contribution in [2.45, 2.75) is 51.5 Å². The van der Waals surface area contributed by atoms with Crippen LogP contribution in [0.1, 0.15) is 44.1 Å². The lowest BCUT2D eigenvalue weighted by Crippen LogP contribution is -2.39. The Morgan fingerprint density at radius 2 is 2.13 bits per heavy atom. The van der Waals surface area contributed by atoms with Crippen LogP contribution in [0.3, 0.4) is 0 Å². The van der Waals surface area contributed by atoms with Gasteiger partial charge in [0.15, 0.2) is 0 Å². The molecule has 3 rings (SSSR count). The Kier molecular flexibility index (Phi) is 4.91. The Labute approximate surface area is 137 Å². The van der Waals surface area contributed by atoms with Gasteiger partial charge in [-0.05, 0) is 63.3 Å². The number of carbonyl (C=O) groups excluding carboxylic acids is 2. The number of anilines is 1. The Morgan fingerprint density at radius 3 is 2.87 bits per heavy atom. The number of aryl methyl sites for hydroxylation is 1. The highest BCUT2D eigenvalue weighted by Crippen LogP contribution is 2.24. The molecule has 0 bridgehead atoms. The first-order valence-electron chi connectivity index (χ1n) is 8.50. The van der Waals surface area contributed by atoms with Crippen molar-refractivity contribution in [1.82, 2.24) is 5.32 Å².